The summed E-state index contributed by atoms with van der Waals surface area (Å²) in [4.78, 5) is 23.5. The number of amides is 2. The molecule has 0 unspecified atom stereocenters. The lowest BCUT2D eigenvalue weighted by Gasteiger charge is -2.08. The maximum Gasteiger partial charge on any atom is 0.258 e. The molecule has 7 heteroatoms. The van der Waals surface area contributed by atoms with Crippen molar-refractivity contribution in [2.24, 2.45) is 0 Å². The largest absolute Gasteiger partial charge is 0.484 e. The Morgan fingerprint density at radius 3 is 2.60 bits per heavy atom. The van der Waals surface area contributed by atoms with Crippen LogP contribution in [0.25, 0.3) is 0 Å². The van der Waals surface area contributed by atoms with Gasteiger partial charge >= 0.3 is 0 Å². The Balaban J connectivity index is 1.35. The summed E-state index contributed by atoms with van der Waals surface area (Å²) < 4.78 is 15.8. The SMILES string of the molecule is O=C(CNC(=O)COc1ccccc1)NCc1ccc2c(c1)OCO2. The summed E-state index contributed by atoms with van der Waals surface area (Å²) in [5.41, 5.74) is 0.885. The van der Waals surface area contributed by atoms with E-state index in [4.69, 9.17) is 14.2 Å². The molecular formula is C18H18N2O5. The molecule has 0 fully saturated rings. The molecule has 1 aliphatic rings. The molecule has 2 aromatic carbocycles. The lowest BCUT2D eigenvalue weighted by Crippen LogP contribution is -2.38. The molecule has 2 aromatic rings. The molecule has 2 N–H and O–H groups in total. The van der Waals surface area contributed by atoms with E-state index in [1.807, 2.05) is 30.3 Å². The molecule has 0 saturated heterocycles. The van der Waals surface area contributed by atoms with Crippen LogP contribution in [0.4, 0.5) is 0 Å². The van der Waals surface area contributed by atoms with E-state index in [-0.39, 0.29) is 31.8 Å². The van der Waals surface area contributed by atoms with Crippen LogP contribution in [-0.2, 0) is 16.1 Å². The monoisotopic (exact) mass is 342 g/mol. The van der Waals surface area contributed by atoms with Crippen molar-refractivity contribution in [3.05, 3.63) is 54.1 Å². The Bertz CT molecular complexity index is 748. The first-order chi connectivity index (χ1) is 12.2. The molecule has 3 rings (SSSR count). The maximum absolute atomic E-state index is 11.8. The highest BCUT2D eigenvalue weighted by Gasteiger charge is 2.13. The number of benzene rings is 2. The number of hydrogen-bond acceptors (Lipinski definition) is 5. The van der Waals surface area contributed by atoms with Crippen molar-refractivity contribution in [1.82, 2.24) is 10.6 Å². The van der Waals surface area contributed by atoms with Crippen molar-refractivity contribution in [1.29, 1.82) is 0 Å². The zero-order valence-electron chi connectivity index (χ0n) is 13.5. The van der Waals surface area contributed by atoms with E-state index in [2.05, 4.69) is 10.6 Å². The molecule has 7 nitrogen and oxygen atoms in total. The first-order valence-electron chi connectivity index (χ1n) is 7.80. The normalized spacial score (nSPS) is 11.7. The third-order valence-corrected chi connectivity index (χ3v) is 3.49. The number of carbonyl (C=O) groups is 2. The summed E-state index contributed by atoms with van der Waals surface area (Å²) in [5.74, 6) is 1.32. The highest BCUT2D eigenvalue weighted by atomic mass is 16.7. The van der Waals surface area contributed by atoms with Gasteiger partial charge in [-0.15, -0.1) is 0 Å². The smallest absolute Gasteiger partial charge is 0.258 e. The molecule has 2 amide bonds. The average molecular weight is 342 g/mol. The number of ether oxygens (including phenoxy) is 3. The molecule has 1 heterocycles. The van der Waals surface area contributed by atoms with Gasteiger partial charge in [-0.05, 0) is 29.8 Å². The van der Waals surface area contributed by atoms with Crippen LogP contribution in [0.1, 0.15) is 5.56 Å². The Labute approximate surface area is 144 Å². The third-order valence-electron chi connectivity index (χ3n) is 3.49. The zero-order valence-corrected chi connectivity index (χ0v) is 13.5. The lowest BCUT2D eigenvalue weighted by molar-refractivity contribution is -0.127. The van der Waals surface area contributed by atoms with Gasteiger partial charge in [-0.1, -0.05) is 24.3 Å². The van der Waals surface area contributed by atoms with Gasteiger partial charge in [0.15, 0.2) is 18.1 Å². The van der Waals surface area contributed by atoms with E-state index in [1.165, 1.54) is 0 Å². The Hall–Kier alpha value is -3.22. The third kappa shape index (κ3) is 4.87. The van der Waals surface area contributed by atoms with Crippen LogP contribution in [0.2, 0.25) is 0 Å². The van der Waals surface area contributed by atoms with Gasteiger partial charge in [-0.25, -0.2) is 0 Å². The second kappa shape index (κ2) is 8.05. The predicted molar refractivity (Wildman–Crippen MR) is 89.4 cm³/mol. The summed E-state index contributed by atoms with van der Waals surface area (Å²) in [7, 11) is 0. The van der Waals surface area contributed by atoms with Gasteiger partial charge in [-0.2, -0.15) is 0 Å². The highest BCUT2D eigenvalue weighted by Crippen LogP contribution is 2.32. The van der Waals surface area contributed by atoms with Gasteiger partial charge in [0.1, 0.15) is 5.75 Å². The van der Waals surface area contributed by atoms with Crippen LogP contribution in [0.5, 0.6) is 17.2 Å². The minimum atomic E-state index is -0.359. The fourth-order valence-electron chi connectivity index (χ4n) is 2.21. The van der Waals surface area contributed by atoms with Crippen LogP contribution < -0.4 is 24.8 Å². The summed E-state index contributed by atoms with van der Waals surface area (Å²) in [5, 5.41) is 5.24. The van der Waals surface area contributed by atoms with Gasteiger partial charge in [-0.3, -0.25) is 9.59 Å². The summed E-state index contributed by atoms with van der Waals surface area (Å²) in [6.45, 7) is 0.301. The van der Waals surface area contributed by atoms with Crippen molar-refractivity contribution < 1.29 is 23.8 Å². The second-order valence-corrected chi connectivity index (χ2v) is 5.34. The Morgan fingerprint density at radius 1 is 0.960 bits per heavy atom. The minimum Gasteiger partial charge on any atom is -0.484 e. The van der Waals surface area contributed by atoms with Gasteiger partial charge in [0.2, 0.25) is 12.7 Å². The Kier molecular flexibility index (Phi) is 5.36. The van der Waals surface area contributed by atoms with Gasteiger partial charge < -0.3 is 24.8 Å². The molecule has 0 radical (unpaired) electrons. The molecule has 0 aromatic heterocycles. The molecule has 0 atom stereocenters. The van der Waals surface area contributed by atoms with Crippen LogP contribution in [0, 0.1) is 0 Å². The van der Waals surface area contributed by atoms with E-state index >= 15 is 0 Å². The maximum atomic E-state index is 11.8. The van der Waals surface area contributed by atoms with Crippen LogP contribution in [0.15, 0.2) is 48.5 Å². The summed E-state index contributed by atoms with van der Waals surface area (Å²) >= 11 is 0. The molecule has 1 aliphatic heterocycles. The molecule has 0 aliphatic carbocycles. The van der Waals surface area contributed by atoms with Crippen molar-refractivity contribution in [2.45, 2.75) is 6.54 Å². The first-order valence-corrected chi connectivity index (χ1v) is 7.80. The van der Waals surface area contributed by atoms with Crippen LogP contribution in [0.3, 0.4) is 0 Å². The van der Waals surface area contributed by atoms with E-state index in [9.17, 15) is 9.59 Å². The van der Waals surface area contributed by atoms with Gasteiger partial charge in [0, 0.05) is 6.54 Å². The minimum absolute atomic E-state index is 0.110. The van der Waals surface area contributed by atoms with Crippen molar-refractivity contribution in [3.63, 3.8) is 0 Å². The molecule has 130 valence electrons. The number of nitrogens with one attached hydrogen (secondary N) is 2. The van der Waals surface area contributed by atoms with Crippen molar-refractivity contribution >= 4 is 11.8 Å². The van der Waals surface area contributed by atoms with E-state index < -0.39 is 0 Å². The lowest BCUT2D eigenvalue weighted by atomic mass is 10.2. The molecule has 0 bridgehead atoms. The van der Waals surface area contributed by atoms with E-state index in [0.717, 1.165) is 5.56 Å². The highest BCUT2D eigenvalue weighted by molar-refractivity contribution is 5.85. The first kappa shape index (κ1) is 16.6. The standard InChI is InChI=1S/C18H18N2O5/c21-17(10-20-18(22)11-23-14-4-2-1-3-5-14)19-9-13-6-7-15-16(8-13)25-12-24-15/h1-8H,9-12H2,(H,19,21)(H,20,22). The van der Waals surface area contributed by atoms with Gasteiger partial charge in [0.25, 0.3) is 5.91 Å². The quantitative estimate of drug-likeness (QED) is 0.790. The van der Waals surface area contributed by atoms with Gasteiger partial charge in [0.05, 0.1) is 6.54 Å². The van der Waals surface area contributed by atoms with Crippen LogP contribution >= 0.6 is 0 Å². The average Bonchev–Trinajstić information content (AvgIpc) is 3.11. The predicted octanol–water partition coefficient (Wildman–Crippen LogP) is 1.23. The fraction of sp³-hybridized carbons (Fsp3) is 0.222. The summed E-state index contributed by atoms with van der Waals surface area (Å²) in [6.07, 6.45) is 0. The van der Waals surface area contributed by atoms with Crippen molar-refractivity contribution in [3.8, 4) is 17.2 Å². The number of hydrogen-bond donors (Lipinski definition) is 2. The molecule has 0 spiro atoms. The molecule has 25 heavy (non-hydrogen) atoms. The number of para-hydroxylation sites is 1. The number of rotatable bonds is 7. The number of carbonyl (C=O) groups excluding carboxylic acids is 2. The fourth-order valence-corrected chi connectivity index (χ4v) is 2.21. The zero-order chi connectivity index (χ0) is 17.5. The topological polar surface area (TPSA) is 85.9 Å². The second-order valence-electron chi connectivity index (χ2n) is 5.34. The van der Waals surface area contributed by atoms with Crippen LogP contribution in [-0.4, -0.2) is 31.8 Å². The van der Waals surface area contributed by atoms with E-state index in [1.54, 1.807) is 18.2 Å². The Morgan fingerprint density at radius 2 is 1.76 bits per heavy atom. The van der Waals surface area contributed by atoms with Crippen molar-refractivity contribution in [2.75, 3.05) is 19.9 Å². The number of fused-ring (bicyclic) bond motifs is 1. The molecular weight excluding hydrogens is 324 g/mol. The summed E-state index contributed by atoms with van der Waals surface area (Å²) in [6, 6.07) is 14.5. The molecule has 0 saturated carbocycles. The van der Waals surface area contributed by atoms with E-state index in [0.29, 0.717) is 23.8 Å².